The van der Waals surface area contributed by atoms with Gasteiger partial charge in [-0.1, -0.05) is 37.6 Å². The second-order valence-electron chi connectivity index (χ2n) is 5.82. The van der Waals surface area contributed by atoms with Crippen molar-refractivity contribution >= 4 is 0 Å². The number of hydrogen-bond acceptors (Lipinski definition) is 1. The molecule has 3 atom stereocenters. The summed E-state index contributed by atoms with van der Waals surface area (Å²) in [6.07, 6.45) is 8.13. The van der Waals surface area contributed by atoms with E-state index < -0.39 is 0 Å². The highest BCUT2D eigenvalue weighted by molar-refractivity contribution is 5.32. The Morgan fingerprint density at radius 1 is 1.06 bits per heavy atom. The fraction of sp³-hybridized carbons (Fsp3) is 0.625. The van der Waals surface area contributed by atoms with Crippen molar-refractivity contribution in [2.75, 3.05) is 0 Å². The van der Waals surface area contributed by atoms with Gasteiger partial charge < -0.3 is 5.32 Å². The van der Waals surface area contributed by atoms with Crippen molar-refractivity contribution in [3.05, 3.63) is 35.4 Å². The average Bonchev–Trinajstić information content (AvgIpc) is 2.76. The van der Waals surface area contributed by atoms with Crippen LogP contribution in [-0.2, 0) is 6.42 Å². The van der Waals surface area contributed by atoms with Crippen LogP contribution >= 0.6 is 0 Å². The van der Waals surface area contributed by atoms with Crippen LogP contribution in [0, 0.1) is 5.92 Å². The molecule has 2 aliphatic carbocycles. The van der Waals surface area contributed by atoms with Gasteiger partial charge in [-0.15, -0.1) is 0 Å². The number of aryl methyl sites for hydroxylation is 1. The molecule has 1 nitrogen and oxygen atoms in total. The highest BCUT2D eigenvalue weighted by atomic mass is 15.0. The van der Waals surface area contributed by atoms with Crippen LogP contribution in [0.3, 0.4) is 0 Å². The lowest BCUT2D eigenvalue weighted by Crippen LogP contribution is -2.36. The molecule has 0 spiro atoms. The summed E-state index contributed by atoms with van der Waals surface area (Å²) >= 11 is 0. The van der Waals surface area contributed by atoms with Crippen molar-refractivity contribution in [3.8, 4) is 0 Å². The van der Waals surface area contributed by atoms with E-state index in [0.717, 1.165) is 12.0 Å². The van der Waals surface area contributed by atoms with E-state index in [1.165, 1.54) is 38.5 Å². The highest BCUT2D eigenvalue weighted by Gasteiger charge is 2.28. The third-order valence-electron chi connectivity index (χ3n) is 4.65. The molecule has 1 aromatic rings. The lowest BCUT2D eigenvalue weighted by Gasteiger charge is -2.30. The second-order valence-corrected chi connectivity index (χ2v) is 5.82. The Morgan fingerprint density at radius 2 is 1.94 bits per heavy atom. The van der Waals surface area contributed by atoms with Crippen LogP contribution in [0.1, 0.15) is 56.2 Å². The molecule has 0 radical (unpaired) electrons. The van der Waals surface area contributed by atoms with Gasteiger partial charge in [-0.05, 0) is 49.1 Å². The van der Waals surface area contributed by atoms with Crippen molar-refractivity contribution in [3.63, 3.8) is 0 Å². The number of rotatable bonds is 2. The lowest BCUT2D eigenvalue weighted by atomic mass is 9.87. The van der Waals surface area contributed by atoms with Gasteiger partial charge in [-0.2, -0.15) is 0 Å². The molecule has 0 aliphatic heterocycles. The van der Waals surface area contributed by atoms with E-state index in [0.29, 0.717) is 6.04 Å². The van der Waals surface area contributed by atoms with Crippen molar-refractivity contribution in [1.29, 1.82) is 0 Å². The Labute approximate surface area is 105 Å². The molecule has 1 aromatic carbocycles. The first-order valence-corrected chi connectivity index (χ1v) is 7.18. The molecule has 3 unspecified atom stereocenters. The molecular weight excluding hydrogens is 206 g/mol. The third-order valence-corrected chi connectivity index (χ3v) is 4.65. The van der Waals surface area contributed by atoms with Gasteiger partial charge in [0, 0.05) is 12.1 Å². The maximum atomic E-state index is 3.92. The molecule has 0 saturated heterocycles. The fourth-order valence-corrected chi connectivity index (χ4v) is 3.58. The monoisotopic (exact) mass is 229 g/mol. The van der Waals surface area contributed by atoms with Gasteiger partial charge in [0.15, 0.2) is 0 Å². The summed E-state index contributed by atoms with van der Waals surface area (Å²) in [7, 11) is 0. The molecule has 0 bridgehead atoms. The first-order valence-electron chi connectivity index (χ1n) is 7.18. The fourth-order valence-electron chi connectivity index (χ4n) is 3.58. The van der Waals surface area contributed by atoms with E-state index in [-0.39, 0.29) is 0 Å². The zero-order chi connectivity index (χ0) is 11.7. The molecular formula is C16H23N. The normalized spacial score (nSPS) is 32.4. The summed E-state index contributed by atoms with van der Waals surface area (Å²) in [5, 5.41) is 3.92. The zero-order valence-corrected chi connectivity index (χ0v) is 10.8. The standard InChI is InChI=1S/C16H23N/c1-12-6-4-10-15(12)17-16-11-5-8-13-7-2-3-9-14(13)16/h2-3,7,9,12,15-17H,4-6,8,10-11H2,1H3. The number of hydrogen-bond donors (Lipinski definition) is 1. The molecule has 0 aromatic heterocycles. The van der Waals surface area contributed by atoms with Gasteiger partial charge in [0.05, 0.1) is 0 Å². The minimum atomic E-state index is 0.616. The predicted octanol–water partition coefficient (Wildman–Crippen LogP) is 3.84. The number of benzene rings is 1. The summed E-state index contributed by atoms with van der Waals surface area (Å²) in [5.74, 6) is 0.865. The topological polar surface area (TPSA) is 12.0 Å². The minimum absolute atomic E-state index is 0.616. The Kier molecular flexibility index (Phi) is 3.19. The van der Waals surface area contributed by atoms with E-state index in [2.05, 4.69) is 36.5 Å². The first-order chi connectivity index (χ1) is 8.34. The summed E-state index contributed by atoms with van der Waals surface area (Å²) in [6.45, 7) is 2.40. The summed E-state index contributed by atoms with van der Waals surface area (Å²) in [4.78, 5) is 0. The Hall–Kier alpha value is -0.820. The Balaban J connectivity index is 1.76. The van der Waals surface area contributed by atoms with Crippen LogP contribution in [-0.4, -0.2) is 6.04 Å². The van der Waals surface area contributed by atoms with E-state index in [1.807, 2.05) is 0 Å². The third kappa shape index (κ3) is 2.26. The summed E-state index contributed by atoms with van der Waals surface area (Å²) in [5.41, 5.74) is 3.14. The molecule has 17 heavy (non-hydrogen) atoms. The smallest absolute Gasteiger partial charge is 0.0325 e. The van der Waals surface area contributed by atoms with Crippen LogP contribution in [0.25, 0.3) is 0 Å². The van der Waals surface area contributed by atoms with Gasteiger partial charge in [0.25, 0.3) is 0 Å². The van der Waals surface area contributed by atoms with Crippen molar-refractivity contribution in [2.24, 2.45) is 5.92 Å². The molecule has 3 rings (SSSR count). The SMILES string of the molecule is CC1CCCC1NC1CCCc2ccccc21. The second kappa shape index (κ2) is 4.81. The summed E-state index contributed by atoms with van der Waals surface area (Å²) in [6, 6.07) is 10.4. The lowest BCUT2D eigenvalue weighted by molar-refractivity contribution is 0.350. The zero-order valence-electron chi connectivity index (χ0n) is 10.8. The van der Waals surface area contributed by atoms with Crippen LogP contribution in [0.2, 0.25) is 0 Å². The molecule has 1 saturated carbocycles. The van der Waals surface area contributed by atoms with Gasteiger partial charge in [0.2, 0.25) is 0 Å². The highest BCUT2D eigenvalue weighted by Crippen LogP contribution is 2.33. The predicted molar refractivity (Wildman–Crippen MR) is 72.1 cm³/mol. The molecule has 92 valence electrons. The van der Waals surface area contributed by atoms with Crippen molar-refractivity contribution in [1.82, 2.24) is 5.32 Å². The maximum absolute atomic E-state index is 3.92. The van der Waals surface area contributed by atoms with E-state index in [9.17, 15) is 0 Å². The first kappa shape index (κ1) is 11.3. The van der Waals surface area contributed by atoms with E-state index in [4.69, 9.17) is 0 Å². The van der Waals surface area contributed by atoms with Crippen LogP contribution < -0.4 is 5.32 Å². The minimum Gasteiger partial charge on any atom is -0.307 e. The molecule has 0 amide bonds. The number of nitrogens with one attached hydrogen (secondary N) is 1. The molecule has 1 N–H and O–H groups in total. The average molecular weight is 229 g/mol. The quantitative estimate of drug-likeness (QED) is 0.812. The summed E-state index contributed by atoms with van der Waals surface area (Å²) < 4.78 is 0. The molecule has 1 heteroatoms. The van der Waals surface area contributed by atoms with Gasteiger partial charge in [-0.25, -0.2) is 0 Å². The van der Waals surface area contributed by atoms with Crippen molar-refractivity contribution in [2.45, 2.75) is 57.5 Å². The van der Waals surface area contributed by atoms with Gasteiger partial charge >= 0.3 is 0 Å². The Bertz CT molecular complexity index is 385. The van der Waals surface area contributed by atoms with Gasteiger partial charge in [0.1, 0.15) is 0 Å². The van der Waals surface area contributed by atoms with Crippen LogP contribution in [0.15, 0.2) is 24.3 Å². The molecule has 0 heterocycles. The van der Waals surface area contributed by atoms with E-state index >= 15 is 0 Å². The van der Waals surface area contributed by atoms with Crippen molar-refractivity contribution < 1.29 is 0 Å². The Morgan fingerprint density at radius 3 is 2.76 bits per heavy atom. The van der Waals surface area contributed by atoms with Crippen LogP contribution in [0.5, 0.6) is 0 Å². The largest absolute Gasteiger partial charge is 0.307 e. The van der Waals surface area contributed by atoms with Gasteiger partial charge in [-0.3, -0.25) is 0 Å². The maximum Gasteiger partial charge on any atom is 0.0325 e. The van der Waals surface area contributed by atoms with Crippen LogP contribution in [0.4, 0.5) is 0 Å². The molecule has 2 aliphatic rings. The molecule has 1 fully saturated rings. The van der Waals surface area contributed by atoms with E-state index in [1.54, 1.807) is 11.1 Å². The number of fused-ring (bicyclic) bond motifs is 1.